The molecule has 1 heterocycles. The van der Waals surface area contributed by atoms with Crippen molar-refractivity contribution in [1.29, 1.82) is 0 Å². The van der Waals surface area contributed by atoms with E-state index in [0.717, 1.165) is 5.69 Å². The number of hydrogen-bond acceptors (Lipinski definition) is 4. The Balaban J connectivity index is 2.19. The number of nitrogens with one attached hydrogen (secondary N) is 1. The van der Waals surface area contributed by atoms with Crippen LogP contribution in [0.1, 0.15) is 17.3 Å². The van der Waals surface area contributed by atoms with Gasteiger partial charge in [0.05, 0.1) is 11.7 Å². The van der Waals surface area contributed by atoms with E-state index in [2.05, 4.69) is 14.9 Å². The van der Waals surface area contributed by atoms with Crippen molar-refractivity contribution in [3.05, 3.63) is 45.7 Å². The van der Waals surface area contributed by atoms with Crippen LogP contribution in [0.15, 0.2) is 23.6 Å². The van der Waals surface area contributed by atoms with Gasteiger partial charge in [-0.25, -0.2) is 4.39 Å². The van der Waals surface area contributed by atoms with Crippen LogP contribution in [0, 0.1) is 5.82 Å². The van der Waals surface area contributed by atoms with Crippen LogP contribution in [0.5, 0.6) is 0 Å². The minimum atomic E-state index is -0.291. The number of nitrogens with zero attached hydrogens (tertiary/aromatic N) is 2. The summed E-state index contributed by atoms with van der Waals surface area (Å²) >= 11 is 7.00. The average molecular weight is 272 g/mol. The molecule has 0 amide bonds. The molecular formula is C11H11ClFN3S. The Morgan fingerprint density at radius 1 is 1.53 bits per heavy atom. The van der Waals surface area contributed by atoms with Gasteiger partial charge in [0.2, 0.25) is 0 Å². The fourth-order valence-corrected chi connectivity index (χ4v) is 2.25. The van der Waals surface area contributed by atoms with E-state index in [1.807, 2.05) is 12.4 Å². The van der Waals surface area contributed by atoms with Gasteiger partial charge in [-0.3, -0.25) is 0 Å². The number of halogens is 2. The Bertz CT molecular complexity index is 489. The van der Waals surface area contributed by atoms with E-state index < -0.39 is 0 Å². The third kappa shape index (κ3) is 3.00. The van der Waals surface area contributed by atoms with E-state index in [9.17, 15) is 4.39 Å². The summed E-state index contributed by atoms with van der Waals surface area (Å²) in [6.45, 7) is 0. The second-order valence-electron chi connectivity index (χ2n) is 3.61. The maximum Gasteiger partial charge on any atom is 0.127 e. The summed E-state index contributed by atoms with van der Waals surface area (Å²) in [6, 6.07) is 4.67. The van der Waals surface area contributed by atoms with Crippen molar-refractivity contribution in [2.24, 2.45) is 0 Å². The first-order valence-corrected chi connectivity index (χ1v) is 6.30. The topological polar surface area (TPSA) is 37.8 Å². The van der Waals surface area contributed by atoms with Crippen LogP contribution in [0.25, 0.3) is 0 Å². The molecule has 1 aromatic heterocycles. The molecule has 0 spiro atoms. The molecule has 90 valence electrons. The van der Waals surface area contributed by atoms with Crippen LogP contribution >= 0.6 is 23.1 Å². The summed E-state index contributed by atoms with van der Waals surface area (Å²) in [6.07, 6.45) is 0.519. The normalized spacial score (nSPS) is 12.6. The van der Waals surface area contributed by atoms with Crippen molar-refractivity contribution in [3.8, 4) is 0 Å². The number of hydrogen-bond donors (Lipinski definition) is 1. The molecule has 1 aromatic carbocycles. The van der Waals surface area contributed by atoms with E-state index in [-0.39, 0.29) is 11.9 Å². The molecule has 3 nitrogen and oxygen atoms in total. The highest BCUT2D eigenvalue weighted by atomic mass is 35.5. The lowest BCUT2D eigenvalue weighted by molar-refractivity contribution is 0.544. The van der Waals surface area contributed by atoms with Gasteiger partial charge >= 0.3 is 0 Å². The van der Waals surface area contributed by atoms with Gasteiger partial charge in [-0.05, 0) is 42.7 Å². The van der Waals surface area contributed by atoms with E-state index >= 15 is 0 Å². The van der Waals surface area contributed by atoms with Crippen LogP contribution in [0.2, 0.25) is 5.02 Å². The highest BCUT2D eigenvalue weighted by molar-refractivity contribution is 7.03. The standard InChI is InChI=1S/C11H11ClFN3S/c1-14-10(11-6-17-16-15-11)4-7-2-3-8(12)5-9(7)13/h2-3,5-6,10,14H,4H2,1H3. The summed E-state index contributed by atoms with van der Waals surface area (Å²) in [5, 5.41) is 9.35. The predicted octanol–water partition coefficient (Wildman–Crippen LogP) is 2.83. The molecule has 0 bridgehead atoms. The molecule has 0 saturated carbocycles. The fraction of sp³-hybridized carbons (Fsp3) is 0.273. The fourth-order valence-electron chi connectivity index (χ4n) is 1.59. The van der Waals surface area contributed by atoms with Crippen molar-refractivity contribution >= 4 is 23.1 Å². The molecule has 1 atom stereocenters. The van der Waals surface area contributed by atoms with Crippen molar-refractivity contribution in [2.75, 3.05) is 7.05 Å². The van der Waals surface area contributed by atoms with E-state index in [0.29, 0.717) is 17.0 Å². The largest absolute Gasteiger partial charge is 0.311 e. The molecule has 0 saturated heterocycles. The van der Waals surface area contributed by atoms with Gasteiger partial charge < -0.3 is 5.32 Å². The SMILES string of the molecule is CNC(Cc1ccc(Cl)cc1F)c1csnn1. The molecule has 2 aromatic rings. The smallest absolute Gasteiger partial charge is 0.127 e. The lowest BCUT2D eigenvalue weighted by Gasteiger charge is -2.13. The van der Waals surface area contributed by atoms with Gasteiger partial charge in [-0.15, -0.1) is 5.10 Å². The molecule has 0 aliphatic heterocycles. The third-order valence-electron chi connectivity index (χ3n) is 2.52. The van der Waals surface area contributed by atoms with Crippen LogP contribution in [-0.4, -0.2) is 16.6 Å². The third-order valence-corrected chi connectivity index (χ3v) is 3.28. The second-order valence-corrected chi connectivity index (χ2v) is 4.66. The second kappa shape index (κ2) is 5.53. The minimum Gasteiger partial charge on any atom is -0.311 e. The van der Waals surface area contributed by atoms with E-state index in [1.54, 1.807) is 12.1 Å². The van der Waals surface area contributed by atoms with Crippen LogP contribution in [0.4, 0.5) is 4.39 Å². The average Bonchev–Trinajstić information content (AvgIpc) is 2.81. The number of aromatic nitrogens is 2. The first-order valence-electron chi connectivity index (χ1n) is 5.09. The maximum absolute atomic E-state index is 13.6. The van der Waals surface area contributed by atoms with E-state index in [1.165, 1.54) is 17.6 Å². The quantitative estimate of drug-likeness (QED) is 0.929. The zero-order valence-electron chi connectivity index (χ0n) is 9.15. The van der Waals surface area contributed by atoms with Gasteiger partial charge in [-0.1, -0.05) is 22.2 Å². The molecule has 1 N–H and O–H groups in total. The van der Waals surface area contributed by atoms with Gasteiger partial charge in [0.15, 0.2) is 0 Å². The Labute approximate surface area is 108 Å². The van der Waals surface area contributed by atoms with Crippen molar-refractivity contribution in [1.82, 2.24) is 14.9 Å². The van der Waals surface area contributed by atoms with Gasteiger partial charge in [-0.2, -0.15) is 0 Å². The van der Waals surface area contributed by atoms with Crippen molar-refractivity contribution in [3.63, 3.8) is 0 Å². The summed E-state index contributed by atoms with van der Waals surface area (Å²) in [7, 11) is 1.82. The van der Waals surface area contributed by atoms with E-state index in [4.69, 9.17) is 11.6 Å². The zero-order chi connectivity index (χ0) is 12.3. The molecular weight excluding hydrogens is 261 g/mol. The van der Waals surface area contributed by atoms with Gasteiger partial charge in [0.1, 0.15) is 5.82 Å². The highest BCUT2D eigenvalue weighted by Crippen LogP contribution is 2.21. The molecule has 0 radical (unpaired) electrons. The molecule has 17 heavy (non-hydrogen) atoms. The Hall–Kier alpha value is -1.04. The molecule has 0 aliphatic rings. The monoisotopic (exact) mass is 271 g/mol. The molecule has 0 fully saturated rings. The van der Waals surface area contributed by atoms with Gasteiger partial charge in [0, 0.05) is 10.4 Å². The predicted molar refractivity (Wildman–Crippen MR) is 66.8 cm³/mol. The molecule has 0 aliphatic carbocycles. The number of benzene rings is 1. The number of likely N-dealkylation sites (N-methyl/N-ethyl adjacent to an activating group) is 1. The van der Waals surface area contributed by atoms with Gasteiger partial charge in [0.25, 0.3) is 0 Å². The lowest BCUT2D eigenvalue weighted by atomic mass is 10.0. The summed E-state index contributed by atoms with van der Waals surface area (Å²) in [5.41, 5.74) is 1.44. The minimum absolute atomic E-state index is 0.0376. The Morgan fingerprint density at radius 2 is 2.35 bits per heavy atom. The molecule has 2 rings (SSSR count). The highest BCUT2D eigenvalue weighted by Gasteiger charge is 2.15. The molecule has 6 heteroatoms. The van der Waals surface area contributed by atoms with Crippen LogP contribution in [-0.2, 0) is 6.42 Å². The maximum atomic E-state index is 13.6. The lowest BCUT2D eigenvalue weighted by Crippen LogP contribution is -2.19. The summed E-state index contributed by atoms with van der Waals surface area (Å²) < 4.78 is 17.4. The zero-order valence-corrected chi connectivity index (χ0v) is 10.7. The van der Waals surface area contributed by atoms with Crippen LogP contribution in [0.3, 0.4) is 0 Å². The van der Waals surface area contributed by atoms with Crippen molar-refractivity contribution < 1.29 is 4.39 Å². The van der Waals surface area contributed by atoms with Crippen LogP contribution < -0.4 is 5.32 Å². The summed E-state index contributed by atoms with van der Waals surface area (Å²) in [5.74, 6) is -0.291. The Morgan fingerprint density at radius 3 is 2.94 bits per heavy atom. The van der Waals surface area contributed by atoms with Crippen molar-refractivity contribution in [2.45, 2.75) is 12.5 Å². The Kier molecular flexibility index (Phi) is 4.04. The number of rotatable bonds is 4. The first-order chi connectivity index (χ1) is 8.20. The first kappa shape index (κ1) is 12.4. The summed E-state index contributed by atoms with van der Waals surface area (Å²) in [4.78, 5) is 0. The molecule has 1 unspecified atom stereocenters.